The van der Waals surface area contributed by atoms with Crippen LogP contribution in [-0.2, 0) is 9.59 Å². The van der Waals surface area contributed by atoms with Gasteiger partial charge in [-0.05, 0) is 32.0 Å². The van der Waals surface area contributed by atoms with Gasteiger partial charge in [-0.15, -0.1) is 12.4 Å². The number of nitrogens with one attached hydrogen (secondary N) is 2. The first kappa shape index (κ1) is 15.3. The van der Waals surface area contributed by atoms with Gasteiger partial charge in [0.1, 0.15) is 5.75 Å². The number of ether oxygens (including phenoxy) is 1. The van der Waals surface area contributed by atoms with Gasteiger partial charge < -0.3 is 21.1 Å². The van der Waals surface area contributed by atoms with E-state index in [0.29, 0.717) is 17.1 Å². The summed E-state index contributed by atoms with van der Waals surface area (Å²) in [6, 6.07) is 4.44. The summed E-state index contributed by atoms with van der Waals surface area (Å²) in [5.41, 5.74) is 6.56. The Morgan fingerprint density at radius 2 is 2.21 bits per heavy atom. The molecule has 6 nitrogen and oxygen atoms in total. The molecule has 0 radical (unpaired) electrons. The quantitative estimate of drug-likeness (QED) is 0.759. The van der Waals surface area contributed by atoms with Crippen LogP contribution in [0.1, 0.15) is 13.8 Å². The third kappa shape index (κ3) is 3.36. The van der Waals surface area contributed by atoms with E-state index in [0.717, 1.165) is 0 Å². The van der Waals surface area contributed by atoms with Gasteiger partial charge in [0, 0.05) is 5.69 Å². The van der Waals surface area contributed by atoms with E-state index in [1.54, 1.807) is 32.0 Å². The fraction of sp³-hybridized carbons (Fsp3) is 0.333. The van der Waals surface area contributed by atoms with Crippen molar-refractivity contribution in [3.63, 3.8) is 0 Å². The van der Waals surface area contributed by atoms with E-state index >= 15 is 0 Å². The van der Waals surface area contributed by atoms with Crippen LogP contribution in [0, 0.1) is 0 Å². The third-order valence-electron chi connectivity index (χ3n) is 2.59. The number of hydrogen-bond donors (Lipinski definition) is 3. The first-order valence-corrected chi connectivity index (χ1v) is 5.65. The Morgan fingerprint density at radius 3 is 2.84 bits per heavy atom. The maximum Gasteiger partial charge on any atom is 0.265 e. The number of fused-ring (bicyclic) bond motifs is 1. The zero-order chi connectivity index (χ0) is 13.3. The highest BCUT2D eigenvalue weighted by Gasteiger charge is 2.23. The Hall–Kier alpha value is -1.79. The maximum absolute atomic E-state index is 11.5. The molecule has 0 aromatic heterocycles. The smallest absolute Gasteiger partial charge is 0.265 e. The molecule has 4 N–H and O–H groups in total. The molecule has 1 aromatic carbocycles. The van der Waals surface area contributed by atoms with Crippen molar-refractivity contribution in [2.45, 2.75) is 26.0 Å². The summed E-state index contributed by atoms with van der Waals surface area (Å²) in [4.78, 5) is 22.9. The molecule has 1 aromatic rings. The summed E-state index contributed by atoms with van der Waals surface area (Å²) in [6.45, 7) is 3.27. The Morgan fingerprint density at radius 1 is 1.53 bits per heavy atom. The minimum absolute atomic E-state index is 0. The monoisotopic (exact) mass is 285 g/mol. The fourth-order valence-corrected chi connectivity index (χ4v) is 1.54. The lowest BCUT2D eigenvalue weighted by atomic mass is 10.2. The molecule has 0 saturated carbocycles. The van der Waals surface area contributed by atoms with Crippen LogP contribution in [0.25, 0.3) is 0 Å². The number of halogens is 1. The Bertz CT molecular complexity index is 505. The average Bonchev–Trinajstić information content (AvgIpc) is 2.31. The number of rotatable bonds is 2. The van der Waals surface area contributed by atoms with Gasteiger partial charge in [0.2, 0.25) is 5.91 Å². The topological polar surface area (TPSA) is 93.4 Å². The van der Waals surface area contributed by atoms with Crippen molar-refractivity contribution >= 4 is 35.6 Å². The fourth-order valence-electron chi connectivity index (χ4n) is 1.54. The highest BCUT2D eigenvalue weighted by Crippen LogP contribution is 2.32. The lowest BCUT2D eigenvalue weighted by Crippen LogP contribution is -2.35. The molecule has 0 aliphatic carbocycles. The van der Waals surface area contributed by atoms with Crippen LogP contribution in [0.3, 0.4) is 0 Å². The molecule has 2 rings (SSSR count). The van der Waals surface area contributed by atoms with Crippen molar-refractivity contribution in [3.8, 4) is 5.75 Å². The standard InChI is InChI=1S/C12H15N3O3.ClH/c1-6(13)11(16)14-8-3-4-10-9(5-8)15-12(17)7(2)18-10;/h3-7H,13H2,1-2H3,(H,14,16)(H,15,17);1H/t6-,7?;/m1./s1. The van der Waals surface area contributed by atoms with E-state index in [-0.39, 0.29) is 24.2 Å². The number of hydrogen-bond acceptors (Lipinski definition) is 4. The molecule has 0 fully saturated rings. The van der Waals surface area contributed by atoms with E-state index in [1.165, 1.54) is 0 Å². The second-order valence-electron chi connectivity index (χ2n) is 4.24. The van der Waals surface area contributed by atoms with Gasteiger partial charge in [-0.25, -0.2) is 0 Å². The molecular weight excluding hydrogens is 270 g/mol. The van der Waals surface area contributed by atoms with Gasteiger partial charge in [0.15, 0.2) is 6.10 Å². The van der Waals surface area contributed by atoms with Crippen LogP contribution >= 0.6 is 12.4 Å². The third-order valence-corrected chi connectivity index (χ3v) is 2.59. The average molecular weight is 286 g/mol. The van der Waals surface area contributed by atoms with Gasteiger partial charge in [0.25, 0.3) is 5.91 Å². The molecule has 7 heteroatoms. The SMILES string of the molecule is CC1Oc2ccc(NC(=O)[C@@H](C)N)cc2NC1=O.Cl. The molecule has 0 spiro atoms. The minimum Gasteiger partial charge on any atom is -0.479 e. The van der Waals surface area contributed by atoms with Crippen LogP contribution in [0.4, 0.5) is 11.4 Å². The minimum atomic E-state index is -0.591. The van der Waals surface area contributed by atoms with E-state index in [2.05, 4.69) is 10.6 Å². The zero-order valence-corrected chi connectivity index (χ0v) is 11.4. The van der Waals surface area contributed by atoms with Gasteiger partial charge in [-0.2, -0.15) is 0 Å². The number of anilines is 2. The zero-order valence-electron chi connectivity index (χ0n) is 10.6. The van der Waals surface area contributed by atoms with Crippen molar-refractivity contribution in [3.05, 3.63) is 18.2 Å². The van der Waals surface area contributed by atoms with Crippen LogP contribution in [0.15, 0.2) is 18.2 Å². The predicted octanol–water partition coefficient (Wildman–Crippen LogP) is 1.11. The maximum atomic E-state index is 11.5. The Balaban J connectivity index is 0.00000180. The summed E-state index contributed by atoms with van der Waals surface area (Å²) >= 11 is 0. The summed E-state index contributed by atoms with van der Waals surface area (Å²) in [6.07, 6.45) is -0.512. The molecule has 0 bridgehead atoms. The molecule has 104 valence electrons. The molecule has 0 saturated heterocycles. The number of nitrogens with two attached hydrogens (primary N) is 1. The van der Waals surface area contributed by atoms with Crippen LogP contribution in [-0.4, -0.2) is 24.0 Å². The highest BCUT2D eigenvalue weighted by atomic mass is 35.5. The van der Waals surface area contributed by atoms with Gasteiger partial charge >= 0.3 is 0 Å². The number of benzene rings is 1. The van der Waals surface area contributed by atoms with Crippen molar-refractivity contribution in [1.82, 2.24) is 0 Å². The first-order valence-electron chi connectivity index (χ1n) is 5.65. The van der Waals surface area contributed by atoms with Crippen LogP contribution in [0.5, 0.6) is 5.75 Å². The van der Waals surface area contributed by atoms with Crippen molar-refractivity contribution in [1.29, 1.82) is 0 Å². The normalized spacial score (nSPS) is 18.3. The van der Waals surface area contributed by atoms with E-state index in [4.69, 9.17) is 10.5 Å². The Labute approximate surface area is 117 Å². The van der Waals surface area contributed by atoms with E-state index < -0.39 is 12.1 Å². The van der Waals surface area contributed by atoms with Crippen molar-refractivity contribution < 1.29 is 14.3 Å². The number of carbonyl (C=O) groups excluding carboxylic acids is 2. The number of carbonyl (C=O) groups is 2. The highest BCUT2D eigenvalue weighted by molar-refractivity contribution is 5.99. The molecular formula is C12H16ClN3O3. The van der Waals surface area contributed by atoms with Crippen molar-refractivity contribution in [2.75, 3.05) is 10.6 Å². The second kappa shape index (κ2) is 5.90. The van der Waals surface area contributed by atoms with E-state index in [1.807, 2.05) is 0 Å². The van der Waals surface area contributed by atoms with Crippen LogP contribution < -0.4 is 21.1 Å². The molecule has 2 amide bonds. The summed E-state index contributed by atoms with van der Waals surface area (Å²) in [5.74, 6) is 0.0884. The largest absolute Gasteiger partial charge is 0.479 e. The molecule has 1 aliphatic heterocycles. The van der Waals surface area contributed by atoms with Gasteiger partial charge in [-0.3, -0.25) is 9.59 Å². The van der Waals surface area contributed by atoms with Crippen LogP contribution in [0.2, 0.25) is 0 Å². The van der Waals surface area contributed by atoms with Crippen molar-refractivity contribution in [2.24, 2.45) is 5.73 Å². The summed E-state index contributed by atoms with van der Waals surface area (Å²) in [5, 5.41) is 5.35. The molecule has 1 unspecified atom stereocenters. The first-order chi connectivity index (χ1) is 8.47. The number of amides is 2. The lowest BCUT2D eigenvalue weighted by molar-refractivity contribution is -0.122. The summed E-state index contributed by atoms with van der Waals surface area (Å²) < 4.78 is 5.40. The molecule has 19 heavy (non-hydrogen) atoms. The molecule has 1 aliphatic rings. The van der Waals surface area contributed by atoms with Gasteiger partial charge in [-0.1, -0.05) is 0 Å². The predicted molar refractivity (Wildman–Crippen MR) is 74.7 cm³/mol. The molecule has 1 heterocycles. The second-order valence-corrected chi connectivity index (χ2v) is 4.24. The Kier molecular flexibility index (Phi) is 4.74. The van der Waals surface area contributed by atoms with Gasteiger partial charge in [0.05, 0.1) is 11.7 Å². The van der Waals surface area contributed by atoms with E-state index in [9.17, 15) is 9.59 Å². The summed E-state index contributed by atoms with van der Waals surface area (Å²) in [7, 11) is 0. The lowest BCUT2D eigenvalue weighted by Gasteiger charge is -2.23. The molecule has 2 atom stereocenters.